The molecular weight excluding hydrogens is 348 g/mol. The number of primary sulfonamides is 1. The zero-order valence-electron chi connectivity index (χ0n) is 6.39. The first-order valence-corrected chi connectivity index (χ1v) is 6.24. The van der Waals surface area contributed by atoms with Crippen molar-refractivity contribution in [2.45, 2.75) is 4.90 Å². The Balaban J connectivity index is 3.66. The summed E-state index contributed by atoms with van der Waals surface area (Å²) >= 11 is 5.31. The molecule has 3 nitrogen and oxygen atoms in total. The molecule has 0 saturated heterocycles. The Labute approximate surface area is 95.6 Å². The smallest absolute Gasteiger partial charge is 0.225 e. The van der Waals surface area contributed by atoms with Crippen LogP contribution in [0.1, 0.15) is 0 Å². The second kappa shape index (κ2) is 3.84. The van der Waals surface area contributed by atoms with E-state index in [-0.39, 0.29) is 4.47 Å². The third-order valence-electron chi connectivity index (χ3n) is 1.38. The molecule has 14 heavy (non-hydrogen) atoms. The van der Waals surface area contributed by atoms with Crippen LogP contribution in [0.15, 0.2) is 19.9 Å². The Kier molecular flexibility index (Phi) is 3.30. The highest BCUT2D eigenvalue weighted by Gasteiger charge is 2.21. The van der Waals surface area contributed by atoms with Gasteiger partial charge in [-0.3, -0.25) is 0 Å². The summed E-state index contributed by atoms with van der Waals surface area (Å²) in [5.74, 6) is -2.16. The third kappa shape index (κ3) is 2.13. The zero-order valence-corrected chi connectivity index (χ0v) is 10.4. The molecule has 0 saturated carbocycles. The van der Waals surface area contributed by atoms with Gasteiger partial charge in [0.25, 0.3) is 0 Å². The van der Waals surface area contributed by atoms with Gasteiger partial charge in [-0.2, -0.15) is 0 Å². The van der Waals surface area contributed by atoms with Crippen LogP contribution in [-0.4, -0.2) is 8.42 Å². The highest BCUT2D eigenvalue weighted by molar-refractivity contribution is 9.11. The van der Waals surface area contributed by atoms with Gasteiger partial charge in [0, 0.05) is 0 Å². The molecule has 1 rings (SSSR count). The number of sulfonamides is 1. The Morgan fingerprint density at radius 2 is 1.71 bits per heavy atom. The maximum Gasteiger partial charge on any atom is 0.241 e. The van der Waals surface area contributed by atoms with Crippen LogP contribution in [0.4, 0.5) is 8.78 Å². The topological polar surface area (TPSA) is 60.2 Å². The lowest BCUT2D eigenvalue weighted by Gasteiger charge is -2.04. The standard InChI is InChI=1S/C6H3Br2F2NO2S/c7-2-1-3(14(11,12)13)6(10)4(8)5(2)9/h1H,(H2,11,12,13). The molecule has 0 aliphatic carbocycles. The number of hydrogen-bond acceptors (Lipinski definition) is 2. The highest BCUT2D eigenvalue weighted by Crippen LogP contribution is 2.30. The van der Waals surface area contributed by atoms with Crippen LogP contribution < -0.4 is 5.14 Å². The molecule has 0 aromatic heterocycles. The van der Waals surface area contributed by atoms with Crippen molar-refractivity contribution in [2.75, 3.05) is 0 Å². The Bertz CT molecular complexity index is 489. The molecule has 1 aromatic carbocycles. The number of halogens is 4. The molecule has 0 bridgehead atoms. The molecule has 78 valence electrons. The normalized spacial score (nSPS) is 11.8. The third-order valence-corrected chi connectivity index (χ3v) is 3.56. The van der Waals surface area contributed by atoms with Gasteiger partial charge in [0.2, 0.25) is 10.0 Å². The van der Waals surface area contributed by atoms with Crippen LogP contribution in [0.5, 0.6) is 0 Å². The van der Waals surface area contributed by atoms with Gasteiger partial charge in [-0.05, 0) is 37.9 Å². The van der Waals surface area contributed by atoms with Gasteiger partial charge in [-0.1, -0.05) is 0 Å². The van der Waals surface area contributed by atoms with Crippen LogP contribution >= 0.6 is 31.9 Å². The van der Waals surface area contributed by atoms with E-state index in [1.807, 2.05) is 0 Å². The summed E-state index contributed by atoms with van der Waals surface area (Å²) in [7, 11) is -4.20. The molecule has 0 radical (unpaired) electrons. The summed E-state index contributed by atoms with van der Waals surface area (Å²) in [5.41, 5.74) is 0. The first-order chi connectivity index (χ1) is 6.25. The van der Waals surface area contributed by atoms with Gasteiger partial charge in [-0.25, -0.2) is 22.3 Å². The van der Waals surface area contributed by atoms with Gasteiger partial charge < -0.3 is 0 Å². The van der Waals surface area contributed by atoms with Crippen molar-refractivity contribution >= 4 is 41.9 Å². The van der Waals surface area contributed by atoms with Crippen molar-refractivity contribution in [1.82, 2.24) is 0 Å². The summed E-state index contributed by atoms with van der Waals surface area (Å²) in [6, 6.07) is 0.769. The second-order valence-corrected chi connectivity index (χ2v) is 5.52. The van der Waals surface area contributed by atoms with E-state index in [0.717, 1.165) is 6.07 Å². The van der Waals surface area contributed by atoms with Crippen LogP contribution in [0.2, 0.25) is 0 Å². The number of rotatable bonds is 1. The van der Waals surface area contributed by atoms with E-state index in [0.29, 0.717) is 0 Å². The minimum atomic E-state index is -4.20. The predicted octanol–water partition coefficient (Wildman–Crippen LogP) is 2.14. The van der Waals surface area contributed by atoms with Gasteiger partial charge in [0.05, 0.1) is 8.95 Å². The largest absolute Gasteiger partial charge is 0.241 e. The molecular formula is C6H3Br2F2NO2S. The number of nitrogens with two attached hydrogens (primary N) is 1. The first kappa shape index (κ1) is 12.0. The van der Waals surface area contributed by atoms with Crippen molar-refractivity contribution in [1.29, 1.82) is 0 Å². The second-order valence-electron chi connectivity index (χ2n) is 2.34. The lowest BCUT2D eigenvalue weighted by atomic mass is 10.3. The highest BCUT2D eigenvalue weighted by atomic mass is 79.9. The summed E-state index contributed by atoms with van der Waals surface area (Å²) in [6.45, 7) is 0. The molecule has 0 unspecified atom stereocenters. The van der Waals surface area contributed by atoms with Crippen molar-refractivity contribution < 1.29 is 17.2 Å². The molecule has 0 aliphatic heterocycles. The average molecular weight is 351 g/mol. The van der Waals surface area contributed by atoms with Crippen molar-refractivity contribution in [3.8, 4) is 0 Å². The van der Waals surface area contributed by atoms with Crippen molar-refractivity contribution in [3.63, 3.8) is 0 Å². The Hall–Kier alpha value is -0.0500. The fraction of sp³-hybridized carbons (Fsp3) is 0. The molecule has 0 amide bonds. The van der Waals surface area contributed by atoms with E-state index in [2.05, 4.69) is 31.9 Å². The minimum Gasteiger partial charge on any atom is -0.225 e. The van der Waals surface area contributed by atoms with E-state index in [1.54, 1.807) is 0 Å². The quantitative estimate of drug-likeness (QED) is 0.623. The molecule has 0 atom stereocenters. The fourth-order valence-corrected chi connectivity index (χ4v) is 2.80. The van der Waals surface area contributed by atoms with E-state index in [9.17, 15) is 17.2 Å². The first-order valence-electron chi connectivity index (χ1n) is 3.11. The summed E-state index contributed by atoms with van der Waals surface area (Å²) < 4.78 is 47.1. The average Bonchev–Trinajstić information content (AvgIpc) is 2.06. The SMILES string of the molecule is NS(=O)(=O)c1cc(Br)c(F)c(Br)c1F. The summed E-state index contributed by atoms with van der Waals surface area (Å²) in [4.78, 5) is -0.766. The fourth-order valence-electron chi connectivity index (χ4n) is 0.758. The van der Waals surface area contributed by atoms with Gasteiger partial charge in [0.15, 0.2) is 11.6 Å². The monoisotopic (exact) mass is 349 g/mol. The van der Waals surface area contributed by atoms with Crippen LogP contribution in [0.25, 0.3) is 0 Å². The lowest BCUT2D eigenvalue weighted by Crippen LogP contribution is -2.14. The lowest BCUT2D eigenvalue weighted by molar-refractivity contribution is 0.538. The number of hydrogen-bond donors (Lipinski definition) is 1. The Morgan fingerprint density at radius 3 is 2.14 bits per heavy atom. The molecule has 8 heteroatoms. The van der Waals surface area contributed by atoms with E-state index < -0.39 is 31.0 Å². The molecule has 0 fully saturated rings. The molecule has 2 N–H and O–H groups in total. The van der Waals surface area contributed by atoms with Crippen molar-refractivity contribution in [2.24, 2.45) is 5.14 Å². The van der Waals surface area contributed by atoms with Gasteiger partial charge in [0.1, 0.15) is 4.90 Å². The zero-order chi connectivity index (χ0) is 11.1. The minimum absolute atomic E-state index is 0.185. The van der Waals surface area contributed by atoms with Gasteiger partial charge in [-0.15, -0.1) is 0 Å². The predicted molar refractivity (Wildman–Crippen MR) is 53.1 cm³/mol. The molecule has 0 spiro atoms. The molecule has 0 aliphatic rings. The summed E-state index contributed by atoms with van der Waals surface area (Å²) in [5, 5.41) is 4.71. The maximum atomic E-state index is 13.2. The van der Waals surface area contributed by atoms with E-state index in [1.165, 1.54) is 0 Å². The van der Waals surface area contributed by atoms with E-state index in [4.69, 9.17) is 5.14 Å². The Morgan fingerprint density at radius 1 is 1.21 bits per heavy atom. The molecule has 0 heterocycles. The van der Waals surface area contributed by atoms with Gasteiger partial charge >= 0.3 is 0 Å². The summed E-state index contributed by atoms with van der Waals surface area (Å²) in [6.07, 6.45) is 0. The van der Waals surface area contributed by atoms with E-state index >= 15 is 0 Å². The van der Waals surface area contributed by atoms with Crippen LogP contribution in [-0.2, 0) is 10.0 Å². The van der Waals surface area contributed by atoms with Crippen LogP contribution in [0, 0.1) is 11.6 Å². The van der Waals surface area contributed by atoms with Crippen molar-refractivity contribution in [3.05, 3.63) is 26.6 Å². The van der Waals surface area contributed by atoms with Crippen LogP contribution in [0.3, 0.4) is 0 Å². The maximum absolute atomic E-state index is 13.2. The molecule has 1 aromatic rings. The number of benzene rings is 1.